The summed E-state index contributed by atoms with van der Waals surface area (Å²) < 4.78 is 10.7. The molecule has 3 rings (SSSR count). The van der Waals surface area contributed by atoms with Crippen LogP contribution in [-0.2, 0) is 0 Å². The number of hydrogen-bond donors (Lipinski definition) is 1. The Bertz CT molecular complexity index is 645. The SMILES string of the molecule is Cc1cc(C(=O)NCC(c2ccoc2)N2CCSCC2)c(C)o1. The number of hydrogen-bond acceptors (Lipinski definition) is 5. The van der Waals surface area contributed by atoms with Gasteiger partial charge in [0.05, 0.1) is 24.1 Å². The zero-order valence-corrected chi connectivity index (χ0v) is 14.3. The molecule has 1 aliphatic heterocycles. The second kappa shape index (κ2) is 7.27. The van der Waals surface area contributed by atoms with Crippen molar-refractivity contribution < 1.29 is 13.6 Å². The summed E-state index contributed by atoms with van der Waals surface area (Å²) >= 11 is 1.97. The predicted octanol–water partition coefficient (Wildman–Crippen LogP) is 3.01. The molecule has 124 valence electrons. The molecule has 1 unspecified atom stereocenters. The molecule has 1 N–H and O–H groups in total. The molecule has 2 aromatic heterocycles. The van der Waals surface area contributed by atoms with Crippen molar-refractivity contribution >= 4 is 17.7 Å². The van der Waals surface area contributed by atoms with E-state index in [-0.39, 0.29) is 11.9 Å². The lowest BCUT2D eigenvalue weighted by atomic mass is 10.1. The largest absolute Gasteiger partial charge is 0.472 e. The smallest absolute Gasteiger partial charge is 0.254 e. The summed E-state index contributed by atoms with van der Waals surface area (Å²) in [5.41, 5.74) is 1.72. The Morgan fingerprint density at radius 3 is 2.78 bits per heavy atom. The molecule has 2 aromatic rings. The third-order valence-corrected chi connectivity index (χ3v) is 5.10. The summed E-state index contributed by atoms with van der Waals surface area (Å²) in [4.78, 5) is 14.8. The Balaban J connectivity index is 1.69. The van der Waals surface area contributed by atoms with E-state index in [1.54, 1.807) is 18.6 Å². The fourth-order valence-corrected chi connectivity index (χ4v) is 3.88. The number of nitrogens with zero attached hydrogens (tertiary/aromatic N) is 1. The first-order chi connectivity index (χ1) is 11.1. The third-order valence-electron chi connectivity index (χ3n) is 4.16. The highest BCUT2D eigenvalue weighted by atomic mass is 32.2. The van der Waals surface area contributed by atoms with Crippen LogP contribution in [-0.4, -0.2) is 41.9 Å². The van der Waals surface area contributed by atoms with Gasteiger partial charge in [-0.05, 0) is 26.0 Å². The summed E-state index contributed by atoms with van der Waals surface area (Å²) in [6.07, 6.45) is 3.46. The number of carbonyl (C=O) groups is 1. The standard InChI is InChI=1S/C17H22N2O3S/c1-12-9-15(13(2)22-12)17(20)18-10-16(14-3-6-21-11-14)19-4-7-23-8-5-19/h3,6,9,11,16H,4-5,7-8,10H2,1-2H3,(H,18,20). The Morgan fingerprint density at radius 1 is 1.39 bits per heavy atom. The van der Waals surface area contributed by atoms with Gasteiger partial charge in [0.2, 0.25) is 0 Å². The summed E-state index contributed by atoms with van der Waals surface area (Å²) in [6.45, 7) is 6.29. The van der Waals surface area contributed by atoms with Crippen LogP contribution in [0.5, 0.6) is 0 Å². The number of furan rings is 2. The lowest BCUT2D eigenvalue weighted by Crippen LogP contribution is -2.42. The molecular formula is C17H22N2O3S. The van der Waals surface area contributed by atoms with Crippen LogP contribution in [0.3, 0.4) is 0 Å². The fourth-order valence-electron chi connectivity index (χ4n) is 2.95. The molecule has 0 saturated carbocycles. The maximum absolute atomic E-state index is 12.4. The molecule has 1 atom stereocenters. The molecular weight excluding hydrogens is 312 g/mol. The van der Waals surface area contributed by atoms with Gasteiger partial charge < -0.3 is 14.2 Å². The third kappa shape index (κ3) is 3.82. The van der Waals surface area contributed by atoms with Gasteiger partial charge in [-0.2, -0.15) is 11.8 Å². The fraction of sp³-hybridized carbons (Fsp3) is 0.471. The van der Waals surface area contributed by atoms with Gasteiger partial charge >= 0.3 is 0 Å². The molecule has 3 heterocycles. The van der Waals surface area contributed by atoms with Crippen molar-refractivity contribution in [2.24, 2.45) is 0 Å². The number of aryl methyl sites for hydroxylation is 2. The number of rotatable bonds is 5. The lowest BCUT2D eigenvalue weighted by Gasteiger charge is -2.33. The monoisotopic (exact) mass is 334 g/mol. The van der Waals surface area contributed by atoms with E-state index in [0.717, 1.165) is 35.9 Å². The number of amides is 1. The number of carbonyl (C=O) groups excluding carboxylic acids is 1. The first-order valence-corrected chi connectivity index (χ1v) is 8.99. The molecule has 0 aromatic carbocycles. The normalized spacial score (nSPS) is 17.1. The molecule has 0 radical (unpaired) electrons. The lowest BCUT2D eigenvalue weighted by molar-refractivity contribution is 0.0933. The van der Waals surface area contributed by atoms with Crippen molar-refractivity contribution in [2.75, 3.05) is 31.1 Å². The molecule has 23 heavy (non-hydrogen) atoms. The Labute approximate surface area is 140 Å². The average molecular weight is 334 g/mol. The quantitative estimate of drug-likeness (QED) is 0.911. The van der Waals surface area contributed by atoms with Gasteiger partial charge in [-0.15, -0.1) is 0 Å². The van der Waals surface area contributed by atoms with Crippen molar-refractivity contribution in [3.63, 3.8) is 0 Å². The second-order valence-electron chi connectivity index (χ2n) is 5.76. The van der Waals surface area contributed by atoms with Crippen LogP contribution in [0.15, 0.2) is 33.5 Å². The summed E-state index contributed by atoms with van der Waals surface area (Å²) in [7, 11) is 0. The maximum Gasteiger partial charge on any atom is 0.254 e. The minimum atomic E-state index is -0.0840. The van der Waals surface area contributed by atoms with Crippen molar-refractivity contribution in [3.05, 3.63) is 47.3 Å². The van der Waals surface area contributed by atoms with E-state index in [1.165, 1.54) is 0 Å². The van der Waals surface area contributed by atoms with Crippen LogP contribution < -0.4 is 5.32 Å². The minimum absolute atomic E-state index is 0.0840. The Morgan fingerprint density at radius 2 is 2.17 bits per heavy atom. The zero-order valence-electron chi connectivity index (χ0n) is 13.5. The highest BCUT2D eigenvalue weighted by molar-refractivity contribution is 7.99. The number of nitrogens with one attached hydrogen (secondary N) is 1. The highest BCUT2D eigenvalue weighted by Crippen LogP contribution is 2.24. The molecule has 0 aliphatic carbocycles. The van der Waals surface area contributed by atoms with Gasteiger partial charge in [-0.3, -0.25) is 9.69 Å². The zero-order chi connectivity index (χ0) is 16.2. The van der Waals surface area contributed by atoms with E-state index in [1.807, 2.05) is 31.7 Å². The minimum Gasteiger partial charge on any atom is -0.472 e. The van der Waals surface area contributed by atoms with Crippen LogP contribution in [0.25, 0.3) is 0 Å². The van der Waals surface area contributed by atoms with Crippen LogP contribution in [0, 0.1) is 13.8 Å². The summed E-state index contributed by atoms with van der Waals surface area (Å²) in [5, 5.41) is 3.05. The molecule has 6 heteroatoms. The second-order valence-corrected chi connectivity index (χ2v) is 6.98. The molecule has 1 saturated heterocycles. The summed E-state index contributed by atoms with van der Waals surface area (Å²) in [6, 6.07) is 3.91. The van der Waals surface area contributed by atoms with Gasteiger partial charge in [0.15, 0.2) is 0 Å². The van der Waals surface area contributed by atoms with Crippen LogP contribution in [0.1, 0.15) is 33.5 Å². The molecule has 5 nitrogen and oxygen atoms in total. The highest BCUT2D eigenvalue weighted by Gasteiger charge is 2.24. The van der Waals surface area contributed by atoms with E-state index >= 15 is 0 Å². The first kappa shape index (κ1) is 16.2. The summed E-state index contributed by atoms with van der Waals surface area (Å²) in [5.74, 6) is 3.59. The van der Waals surface area contributed by atoms with Crippen LogP contribution >= 0.6 is 11.8 Å². The van der Waals surface area contributed by atoms with Crippen LogP contribution in [0.2, 0.25) is 0 Å². The van der Waals surface area contributed by atoms with Gasteiger partial charge in [-0.1, -0.05) is 0 Å². The van der Waals surface area contributed by atoms with E-state index in [0.29, 0.717) is 17.9 Å². The number of thioether (sulfide) groups is 1. The topological polar surface area (TPSA) is 58.6 Å². The Kier molecular flexibility index (Phi) is 5.13. The maximum atomic E-state index is 12.4. The van der Waals surface area contributed by atoms with Gasteiger partial charge in [0, 0.05) is 36.7 Å². The predicted molar refractivity (Wildman–Crippen MR) is 90.9 cm³/mol. The van der Waals surface area contributed by atoms with Crippen molar-refractivity contribution in [2.45, 2.75) is 19.9 Å². The molecule has 1 amide bonds. The van der Waals surface area contributed by atoms with Gasteiger partial charge in [0.25, 0.3) is 5.91 Å². The average Bonchev–Trinajstić information content (AvgIpc) is 3.18. The first-order valence-electron chi connectivity index (χ1n) is 7.84. The van der Waals surface area contributed by atoms with Crippen LogP contribution in [0.4, 0.5) is 0 Å². The van der Waals surface area contributed by atoms with E-state index in [2.05, 4.69) is 10.2 Å². The molecule has 1 fully saturated rings. The van der Waals surface area contributed by atoms with Gasteiger partial charge in [0.1, 0.15) is 11.5 Å². The van der Waals surface area contributed by atoms with E-state index in [4.69, 9.17) is 8.83 Å². The molecule has 1 aliphatic rings. The Hall–Kier alpha value is -1.66. The molecule has 0 bridgehead atoms. The van der Waals surface area contributed by atoms with Gasteiger partial charge in [-0.25, -0.2) is 0 Å². The van der Waals surface area contributed by atoms with E-state index in [9.17, 15) is 4.79 Å². The van der Waals surface area contributed by atoms with Crippen molar-refractivity contribution in [1.29, 1.82) is 0 Å². The molecule has 0 spiro atoms. The van der Waals surface area contributed by atoms with Crippen molar-refractivity contribution in [3.8, 4) is 0 Å². The van der Waals surface area contributed by atoms with Crippen molar-refractivity contribution in [1.82, 2.24) is 10.2 Å². The van der Waals surface area contributed by atoms with E-state index < -0.39 is 0 Å².